The van der Waals surface area contributed by atoms with Crippen LogP contribution in [0.4, 0.5) is 24.5 Å². The summed E-state index contributed by atoms with van der Waals surface area (Å²) in [6.45, 7) is 1.99. The zero-order valence-corrected chi connectivity index (χ0v) is 17.5. The molecule has 1 aliphatic rings. The Morgan fingerprint density at radius 3 is 2.21 bits per heavy atom. The van der Waals surface area contributed by atoms with E-state index in [9.17, 15) is 22.8 Å². The van der Waals surface area contributed by atoms with Crippen molar-refractivity contribution < 1.29 is 27.5 Å². The van der Waals surface area contributed by atoms with Crippen molar-refractivity contribution in [1.29, 1.82) is 0 Å². The first kappa shape index (κ1) is 22.1. The summed E-state index contributed by atoms with van der Waals surface area (Å²) >= 11 is 0. The average Bonchev–Trinajstić information content (AvgIpc) is 3.03. The molecule has 0 aromatic heterocycles. The number of ether oxygens (including phenoxy) is 1. The highest BCUT2D eigenvalue weighted by Crippen LogP contribution is 2.34. The molecule has 4 rings (SSSR count). The summed E-state index contributed by atoms with van der Waals surface area (Å²) in [5.74, 6) is -1.58. The second-order valence-corrected chi connectivity index (χ2v) is 7.28. The minimum absolute atomic E-state index is 0.0325. The van der Waals surface area contributed by atoms with Gasteiger partial charge in [0.05, 0.1) is 11.3 Å². The fourth-order valence-corrected chi connectivity index (χ4v) is 3.55. The number of halogens is 3. The van der Waals surface area contributed by atoms with E-state index in [1.807, 2.05) is 19.1 Å². The van der Waals surface area contributed by atoms with Crippen LogP contribution in [0.5, 0.6) is 5.75 Å². The Morgan fingerprint density at radius 2 is 1.58 bits per heavy atom. The van der Waals surface area contributed by atoms with Gasteiger partial charge in [-0.3, -0.25) is 9.59 Å². The Labute approximate surface area is 188 Å². The van der Waals surface area contributed by atoms with Crippen LogP contribution in [0.25, 0.3) is 5.57 Å². The molecule has 168 valence electrons. The third-order valence-electron chi connectivity index (χ3n) is 5.09. The van der Waals surface area contributed by atoms with Crippen LogP contribution < -0.4 is 15.0 Å². The molecule has 0 atom stereocenters. The summed E-state index contributed by atoms with van der Waals surface area (Å²) in [5.41, 5.74) is 2.23. The molecule has 0 saturated carbocycles. The predicted octanol–water partition coefficient (Wildman–Crippen LogP) is 5.54. The van der Waals surface area contributed by atoms with E-state index in [0.717, 1.165) is 29.0 Å². The van der Waals surface area contributed by atoms with Gasteiger partial charge in [-0.25, -0.2) is 4.90 Å². The number of hydrogen-bond acceptors (Lipinski definition) is 4. The summed E-state index contributed by atoms with van der Waals surface area (Å²) in [6, 6.07) is 20.8. The van der Waals surface area contributed by atoms with Gasteiger partial charge in [0.1, 0.15) is 11.4 Å². The van der Waals surface area contributed by atoms with Gasteiger partial charge in [0, 0.05) is 11.8 Å². The van der Waals surface area contributed by atoms with Crippen LogP contribution >= 0.6 is 0 Å². The van der Waals surface area contributed by atoms with E-state index in [-0.39, 0.29) is 17.0 Å². The van der Waals surface area contributed by atoms with Crippen LogP contribution in [0.3, 0.4) is 0 Å². The minimum Gasteiger partial charge on any atom is -0.406 e. The Morgan fingerprint density at radius 1 is 0.879 bits per heavy atom. The molecule has 3 aromatic rings. The van der Waals surface area contributed by atoms with Crippen molar-refractivity contribution in [2.45, 2.75) is 19.7 Å². The summed E-state index contributed by atoms with van der Waals surface area (Å²) in [4.78, 5) is 27.8. The summed E-state index contributed by atoms with van der Waals surface area (Å²) in [6.07, 6.45) is -4.05. The highest BCUT2D eigenvalue weighted by molar-refractivity contribution is 6.46. The first-order valence-corrected chi connectivity index (χ1v) is 10.2. The van der Waals surface area contributed by atoms with Gasteiger partial charge in [0.15, 0.2) is 0 Å². The van der Waals surface area contributed by atoms with Crippen molar-refractivity contribution in [1.82, 2.24) is 0 Å². The molecule has 0 radical (unpaired) electrons. The van der Waals surface area contributed by atoms with Gasteiger partial charge in [-0.1, -0.05) is 55.5 Å². The van der Waals surface area contributed by atoms with E-state index in [1.54, 1.807) is 42.5 Å². The van der Waals surface area contributed by atoms with E-state index < -0.39 is 23.9 Å². The van der Waals surface area contributed by atoms with Gasteiger partial charge in [0.2, 0.25) is 0 Å². The SMILES string of the molecule is CCc1ccc(N2C(=O)C(Nc3cccc(OC(F)(F)F)c3)=C(c3ccccc3)C2=O)cc1. The number of imide groups is 1. The predicted molar refractivity (Wildman–Crippen MR) is 118 cm³/mol. The van der Waals surface area contributed by atoms with Gasteiger partial charge in [0.25, 0.3) is 11.8 Å². The Kier molecular flexibility index (Phi) is 5.91. The Balaban J connectivity index is 1.74. The zero-order chi connectivity index (χ0) is 23.6. The Hall–Kier alpha value is -4.07. The molecule has 1 heterocycles. The number of benzene rings is 3. The first-order valence-electron chi connectivity index (χ1n) is 10.2. The maximum atomic E-state index is 13.4. The third-order valence-corrected chi connectivity index (χ3v) is 5.09. The molecule has 0 fully saturated rings. The molecule has 1 N–H and O–H groups in total. The topological polar surface area (TPSA) is 58.6 Å². The monoisotopic (exact) mass is 452 g/mol. The Bertz CT molecular complexity index is 1220. The van der Waals surface area contributed by atoms with Crippen molar-refractivity contribution in [2.24, 2.45) is 0 Å². The smallest absolute Gasteiger partial charge is 0.406 e. The maximum absolute atomic E-state index is 13.4. The standard InChI is InChI=1S/C25H19F3N2O3/c1-2-16-11-13-19(14-12-16)30-23(31)21(17-7-4-3-5-8-17)22(24(30)32)29-18-9-6-10-20(15-18)33-25(26,27)28/h3-15,29H,2H2,1H3. The fraction of sp³-hybridized carbons (Fsp3) is 0.120. The van der Waals surface area contributed by atoms with Crippen molar-refractivity contribution in [2.75, 3.05) is 10.2 Å². The van der Waals surface area contributed by atoms with E-state index in [1.165, 1.54) is 12.1 Å². The number of rotatable bonds is 6. The van der Waals surface area contributed by atoms with Gasteiger partial charge < -0.3 is 10.1 Å². The second kappa shape index (κ2) is 8.82. The quantitative estimate of drug-likeness (QED) is 0.499. The maximum Gasteiger partial charge on any atom is 0.573 e. The fourth-order valence-electron chi connectivity index (χ4n) is 3.55. The number of nitrogens with one attached hydrogen (secondary N) is 1. The number of carbonyl (C=O) groups is 2. The lowest BCUT2D eigenvalue weighted by Crippen LogP contribution is -2.32. The van der Waals surface area contributed by atoms with Crippen molar-refractivity contribution in [3.05, 3.63) is 95.7 Å². The number of hydrogen-bond donors (Lipinski definition) is 1. The van der Waals surface area contributed by atoms with Gasteiger partial charge in [-0.2, -0.15) is 0 Å². The molecule has 0 aliphatic carbocycles. The summed E-state index contributed by atoms with van der Waals surface area (Å²) in [7, 11) is 0. The molecule has 33 heavy (non-hydrogen) atoms. The molecular formula is C25H19F3N2O3. The van der Waals surface area contributed by atoms with Gasteiger partial charge in [-0.15, -0.1) is 13.2 Å². The molecular weight excluding hydrogens is 433 g/mol. The number of anilines is 2. The third kappa shape index (κ3) is 4.74. The largest absolute Gasteiger partial charge is 0.573 e. The molecule has 0 bridgehead atoms. The van der Waals surface area contributed by atoms with Crippen LogP contribution in [0.1, 0.15) is 18.1 Å². The number of nitrogens with zero attached hydrogens (tertiary/aromatic N) is 1. The zero-order valence-electron chi connectivity index (χ0n) is 17.5. The van der Waals surface area contributed by atoms with E-state index in [0.29, 0.717) is 11.3 Å². The molecule has 8 heteroatoms. The molecule has 1 aliphatic heterocycles. The number of alkyl halides is 3. The number of aryl methyl sites for hydroxylation is 1. The molecule has 0 saturated heterocycles. The summed E-state index contributed by atoms with van der Waals surface area (Å²) < 4.78 is 41.8. The molecule has 5 nitrogen and oxygen atoms in total. The van der Waals surface area contributed by atoms with Crippen LogP contribution in [-0.4, -0.2) is 18.2 Å². The lowest BCUT2D eigenvalue weighted by molar-refractivity contribution is -0.274. The van der Waals surface area contributed by atoms with E-state index in [4.69, 9.17) is 0 Å². The highest BCUT2D eigenvalue weighted by atomic mass is 19.4. The first-order chi connectivity index (χ1) is 15.8. The lowest BCUT2D eigenvalue weighted by Gasteiger charge is -2.16. The van der Waals surface area contributed by atoms with Crippen molar-refractivity contribution in [3.63, 3.8) is 0 Å². The average molecular weight is 452 g/mol. The van der Waals surface area contributed by atoms with Crippen LogP contribution in [0.15, 0.2) is 84.6 Å². The van der Waals surface area contributed by atoms with Crippen molar-refractivity contribution >= 4 is 28.8 Å². The van der Waals surface area contributed by atoms with E-state index in [2.05, 4.69) is 10.1 Å². The molecule has 3 aromatic carbocycles. The lowest BCUT2D eigenvalue weighted by atomic mass is 10.0. The molecule has 2 amide bonds. The van der Waals surface area contributed by atoms with Crippen LogP contribution in [0, 0.1) is 0 Å². The van der Waals surface area contributed by atoms with Crippen LogP contribution in [-0.2, 0) is 16.0 Å². The molecule has 0 unspecified atom stereocenters. The molecule has 0 spiro atoms. The van der Waals surface area contributed by atoms with Gasteiger partial charge in [-0.05, 0) is 41.8 Å². The summed E-state index contributed by atoms with van der Waals surface area (Å²) in [5, 5.41) is 2.84. The minimum atomic E-state index is -4.85. The van der Waals surface area contributed by atoms with Gasteiger partial charge >= 0.3 is 6.36 Å². The normalized spacial score (nSPS) is 14.1. The van der Waals surface area contributed by atoms with E-state index >= 15 is 0 Å². The number of amides is 2. The second-order valence-electron chi connectivity index (χ2n) is 7.28. The number of carbonyl (C=O) groups excluding carboxylic acids is 2. The highest BCUT2D eigenvalue weighted by Gasteiger charge is 2.40. The van der Waals surface area contributed by atoms with Crippen LogP contribution in [0.2, 0.25) is 0 Å². The van der Waals surface area contributed by atoms with Crippen molar-refractivity contribution in [3.8, 4) is 5.75 Å².